The van der Waals surface area contributed by atoms with Crippen LogP contribution in [-0.2, 0) is 14.3 Å². The highest BCUT2D eigenvalue weighted by Crippen LogP contribution is 2.42. The fourth-order valence-corrected chi connectivity index (χ4v) is 4.50. The fourth-order valence-electron chi connectivity index (χ4n) is 3.96. The summed E-state index contributed by atoms with van der Waals surface area (Å²) in [5.74, 6) is -1.89. The average molecular weight is 551 g/mol. The molecule has 0 radical (unpaired) electrons. The predicted molar refractivity (Wildman–Crippen MR) is 137 cm³/mol. The van der Waals surface area contributed by atoms with Gasteiger partial charge in [0.15, 0.2) is 0 Å². The normalized spacial score (nSPS) is 16.8. The Morgan fingerprint density at radius 1 is 1.11 bits per heavy atom. The smallest absolute Gasteiger partial charge is 0.338 e. The molecule has 2 aromatic carbocycles. The van der Waals surface area contributed by atoms with Gasteiger partial charge in [0.2, 0.25) is 0 Å². The number of rotatable bonds is 7. The molecule has 1 unspecified atom stereocenters. The van der Waals surface area contributed by atoms with Gasteiger partial charge in [-0.25, -0.2) is 4.79 Å². The first-order chi connectivity index (χ1) is 17.4. The summed E-state index contributed by atoms with van der Waals surface area (Å²) < 4.78 is 11.0. The van der Waals surface area contributed by atoms with Crippen LogP contribution in [0.3, 0.4) is 0 Å². The van der Waals surface area contributed by atoms with Crippen molar-refractivity contribution in [2.24, 2.45) is 0 Å². The van der Waals surface area contributed by atoms with Crippen molar-refractivity contribution >= 4 is 45.0 Å². The van der Waals surface area contributed by atoms with E-state index in [4.69, 9.17) is 9.47 Å². The van der Waals surface area contributed by atoms with Crippen LogP contribution < -0.4 is 9.64 Å². The second kappa shape index (κ2) is 10.7. The predicted octanol–water partition coefficient (Wildman–Crippen LogP) is 5.05. The number of nitrogens with zero attached hydrogens (tertiary/aromatic N) is 2. The van der Waals surface area contributed by atoms with E-state index in [-0.39, 0.29) is 11.3 Å². The molecule has 0 aliphatic carbocycles. The zero-order valence-electron chi connectivity index (χ0n) is 19.6. The molecular formula is C27H23BrN2O6. The quantitative estimate of drug-likeness (QED) is 0.190. The van der Waals surface area contributed by atoms with E-state index in [0.29, 0.717) is 45.6 Å². The molecule has 1 atom stereocenters. The Morgan fingerprint density at radius 2 is 1.83 bits per heavy atom. The van der Waals surface area contributed by atoms with E-state index in [1.165, 1.54) is 30.3 Å². The number of esters is 1. The van der Waals surface area contributed by atoms with Gasteiger partial charge in [-0.05, 0) is 76.4 Å². The van der Waals surface area contributed by atoms with Crippen LogP contribution in [0.2, 0.25) is 0 Å². The van der Waals surface area contributed by atoms with Gasteiger partial charge in [-0.1, -0.05) is 13.0 Å². The maximum absolute atomic E-state index is 13.3. The van der Waals surface area contributed by atoms with E-state index < -0.39 is 23.7 Å². The molecule has 9 heteroatoms. The number of hydrogen-bond donors (Lipinski definition) is 1. The summed E-state index contributed by atoms with van der Waals surface area (Å²) in [5.41, 5.74) is 1.51. The van der Waals surface area contributed by atoms with Gasteiger partial charge in [0, 0.05) is 23.6 Å². The largest absolute Gasteiger partial charge is 0.507 e. The molecule has 0 spiro atoms. The number of aliphatic hydroxyl groups is 1. The first-order valence-electron chi connectivity index (χ1n) is 11.2. The second-order valence-electron chi connectivity index (χ2n) is 7.99. The summed E-state index contributed by atoms with van der Waals surface area (Å²) in [6.45, 7) is 2.20. The summed E-state index contributed by atoms with van der Waals surface area (Å²) >= 11 is 3.39. The van der Waals surface area contributed by atoms with Crippen molar-refractivity contribution in [1.29, 1.82) is 0 Å². The van der Waals surface area contributed by atoms with Gasteiger partial charge in [-0.2, -0.15) is 0 Å². The summed E-state index contributed by atoms with van der Waals surface area (Å²) in [5, 5.41) is 11.2. The molecule has 0 saturated carbocycles. The summed E-state index contributed by atoms with van der Waals surface area (Å²) in [6, 6.07) is 13.5. The van der Waals surface area contributed by atoms with Crippen LogP contribution >= 0.6 is 15.9 Å². The molecule has 1 N–H and O–H groups in total. The van der Waals surface area contributed by atoms with Crippen LogP contribution in [0.4, 0.5) is 5.69 Å². The Labute approximate surface area is 216 Å². The number of amides is 1. The lowest BCUT2D eigenvalue weighted by Crippen LogP contribution is -2.29. The van der Waals surface area contributed by atoms with Crippen molar-refractivity contribution in [3.63, 3.8) is 0 Å². The standard InChI is InChI=1S/C27H23BrN2O6/c1-3-13-36-27(34)16-6-9-19(10-7-16)30-23(18-5-4-12-29-15-18)22(25(32)26(30)33)24(31)17-8-11-21(35-2)20(28)14-17/h4-12,14-15,23,31H,3,13H2,1-2H3/b24-22-. The van der Waals surface area contributed by atoms with Crippen molar-refractivity contribution in [2.45, 2.75) is 19.4 Å². The zero-order chi connectivity index (χ0) is 25.8. The maximum Gasteiger partial charge on any atom is 0.338 e. The van der Waals surface area contributed by atoms with E-state index in [1.807, 2.05) is 6.92 Å². The van der Waals surface area contributed by atoms with E-state index in [9.17, 15) is 19.5 Å². The number of anilines is 1. The van der Waals surface area contributed by atoms with Crippen molar-refractivity contribution in [3.8, 4) is 5.75 Å². The third kappa shape index (κ3) is 4.74. The van der Waals surface area contributed by atoms with Gasteiger partial charge in [0.25, 0.3) is 11.7 Å². The summed E-state index contributed by atoms with van der Waals surface area (Å²) in [6.07, 6.45) is 3.81. The van der Waals surface area contributed by atoms with Crippen LogP contribution in [0.5, 0.6) is 5.75 Å². The number of benzene rings is 2. The lowest BCUT2D eigenvalue weighted by molar-refractivity contribution is -0.132. The number of hydrogen-bond acceptors (Lipinski definition) is 7. The van der Waals surface area contributed by atoms with Gasteiger partial charge in [-0.3, -0.25) is 19.5 Å². The fraction of sp³-hybridized carbons (Fsp3) is 0.185. The van der Waals surface area contributed by atoms with Crippen molar-refractivity contribution in [2.75, 3.05) is 18.6 Å². The van der Waals surface area contributed by atoms with Gasteiger partial charge in [-0.15, -0.1) is 0 Å². The van der Waals surface area contributed by atoms with Crippen molar-refractivity contribution < 1.29 is 29.0 Å². The number of carbonyl (C=O) groups is 3. The number of pyridine rings is 1. The number of aromatic nitrogens is 1. The highest BCUT2D eigenvalue weighted by molar-refractivity contribution is 9.10. The molecule has 1 fully saturated rings. The minimum absolute atomic E-state index is 0.0727. The van der Waals surface area contributed by atoms with Crippen molar-refractivity contribution in [1.82, 2.24) is 4.98 Å². The average Bonchev–Trinajstić information content (AvgIpc) is 3.17. The number of Topliss-reactive ketones (excluding diaryl/α,β-unsaturated/α-hetero) is 1. The first kappa shape index (κ1) is 25.1. The molecule has 1 aliphatic rings. The minimum Gasteiger partial charge on any atom is -0.507 e. The molecular weight excluding hydrogens is 528 g/mol. The molecule has 1 aromatic heterocycles. The summed E-state index contributed by atoms with van der Waals surface area (Å²) in [7, 11) is 1.52. The molecule has 1 saturated heterocycles. The van der Waals surface area contributed by atoms with E-state index in [1.54, 1.807) is 48.7 Å². The molecule has 2 heterocycles. The van der Waals surface area contributed by atoms with Crippen LogP contribution in [0.15, 0.2) is 77.0 Å². The van der Waals surface area contributed by atoms with Crippen LogP contribution in [0, 0.1) is 0 Å². The third-order valence-corrected chi connectivity index (χ3v) is 6.31. The number of ether oxygens (including phenoxy) is 2. The highest BCUT2D eigenvalue weighted by Gasteiger charge is 2.47. The van der Waals surface area contributed by atoms with E-state index in [2.05, 4.69) is 20.9 Å². The van der Waals surface area contributed by atoms with Crippen molar-refractivity contribution in [3.05, 3.63) is 93.7 Å². The molecule has 1 aliphatic heterocycles. The second-order valence-corrected chi connectivity index (χ2v) is 8.84. The minimum atomic E-state index is -0.933. The topological polar surface area (TPSA) is 106 Å². The van der Waals surface area contributed by atoms with Crippen LogP contribution in [0.1, 0.15) is 40.9 Å². The molecule has 1 amide bonds. The maximum atomic E-state index is 13.3. The lowest BCUT2D eigenvalue weighted by atomic mass is 9.96. The van der Waals surface area contributed by atoms with Gasteiger partial charge < -0.3 is 14.6 Å². The number of methoxy groups -OCH3 is 1. The monoisotopic (exact) mass is 550 g/mol. The molecule has 3 aromatic rings. The Kier molecular flexibility index (Phi) is 7.49. The molecule has 184 valence electrons. The first-order valence-corrected chi connectivity index (χ1v) is 12.0. The molecule has 0 bridgehead atoms. The summed E-state index contributed by atoms with van der Waals surface area (Å²) in [4.78, 5) is 44.1. The number of carbonyl (C=O) groups excluding carboxylic acids is 3. The van der Waals surface area contributed by atoms with Crippen LogP contribution in [-0.4, -0.2) is 41.5 Å². The number of halogens is 1. The number of ketones is 1. The Morgan fingerprint density at radius 3 is 2.44 bits per heavy atom. The SMILES string of the molecule is CCCOC(=O)c1ccc(N2C(=O)C(=O)/C(=C(\O)c3ccc(OC)c(Br)c3)C2c2cccnc2)cc1. The molecule has 4 rings (SSSR count). The third-order valence-electron chi connectivity index (χ3n) is 5.69. The Bertz CT molecular complexity index is 1340. The van der Waals surface area contributed by atoms with E-state index in [0.717, 1.165) is 0 Å². The Balaban J connectivity index is 1.81. The Hall–Kier alpha value is -3.98. The zero-order valence-corrected chi connectivity index (χ0v) is 21.2. The van der Waals surface area contributed by atoms with Gasteiger partial charge in [0.05, 0.1) is 35.4 Å². The highest BCUT2D eigenvalue weighted by atomic mass is 79.9. The number of aliphatic hydroxyl groups excluding tert-OH is 1. The van der Waals surface area contributed by atoms with Gasteiger partial charge >= 0.3 is 5.97 Å². The van der Waals surface area contributed by atoms with Crippen LogP contribution in [0.25, 0.3) is 5.76 Å². The lowest BCUT2D eigenvalue weighted by Gasteiger charge is -2.25. The molecule has 36 heavy (non-hydrogen) atoms. The van der Waals surface area contributed by atoms with E-state index >= 15 is 0 Å². The van der Waals surface area contributed by atoms with Gasteiger partial charge in [0.1, 0.15) is 11.5 Å². The molecule has 8 nitrogen and oxygen atoms in total.